The van der Waals surface area contributed by atoms with Gasteiger partial charge in [0, 0.05) is 6.54 Å². The molecule has 3 amide bonds. The third-order valence-corrected chi connectivity index (χ3v) is 9.72. The predicted octanol–water partition coefficient (Wildman–Crippen LogP) is 6.91. The van der Waals surface area contributed by atoms with E-state index in [1.165, 1.54) is 11.0 Å². The van der Waals surface area contributed by atoms with Crippen LogP contribution >= 0.6 is 0 Å². The molecule has 0 saturated heterocycles. The van der Waals surface area contributed by atoms with E-state index in [1.54, 1.807) is 53.7 Å². The fourth-order valence-electron chi connectivity index (χ4n) is 5.77. The number of nitrogens with one attached hydrogen (secondary N) is 2. The fourth-order valence-corrected chi connectivity index (χ4v) is 6.87. The molecule has 0 aromatic heterocycles. The zero-order chi connectivity index (χ0) is 38.8. The number of hydrogen-bond donors (Lipinski definition) is 3. The summed E-state index contributed by atoms with van der Waals surface area (Å²) >= 11 is 0. The molecule has 4 rings (SSSR count). The fraction of sp³-hybridized carbons (Fsp3) is 0.475. The van der Waals surface area contributed by atoms with E-state index in [0.29, 0.717) is 24.1 Å². The highest BCUT2D eigenvalue weighted by Gasteiger charge is 2.27. The third kappa shape index (κ3) is 13.4. The van der Waals surface area contributed by atoms with Crippen LogP contribution in [0.4, 0.5) is 9.59 Å². The van der Waals surface area contributed by atoms with Gasteiger partial charge in [0.15, 0.2) is 0 Å². The van der Waals surface area contributed by atoms with Crippen LogP contribution in [0.25, 0.3) is 11.1 Å². The standard InChI is InChI=1S/C40H53N3O9S/c1-39(2,3)51-37(46)41-26-36(45)42-53(48,49)35-22-21-31(25-34(35)50-32-15-11-8-12-16-32)29-19-17-28(18-20-29)23-24-43(38(47)52-40(4,5)6)27-33(44)30-13-9-7-10-14-30/h7,9-10,13-14,17-22,25,32-33,44H,8,11-12,15-16,23-24,26-27H2,1-6H3,(H,41,46)(H,42,45)/t33-/m0/s1. The summed E-state index contributed by atoms with van der Waals surface area (Å²) in [5.41, 5.74) is 1.68. The topological polar surface area (TPSA) is 161 Å². The quantitative estimate of drug-likeness (QED) is 0.169. The average Bonchev–Trinajstić information content (AvgIpc) is 3.08. The molecule has 12 nitrogen and oxygen atoms in total. The summed E-state index contributed by atoms with van der Waals surface area (Å²) in [4.78, 5) is 39.0. The lowest BCUT2D eigenvalue weighted by molar-refractivity contribution is -0.118. The Morgan fingerprint density at radius 3 is 2.09 bits per heavy atom. The van der Waals surface area contributed by atoms with Gasteiger partial charge in [0.05, 0.1) is 18.8 Å². The Morgan fingerprint density at radius 1 is 0.849 bits per heavy atom. The van der Waals surface area contributed by atoms with Crippen molar-refractivity contribution >= 4 is 28.1 Å². The Morgan fingerprint density at radius 2 is 1.47 bits per heavy atom. The van der Waals surface area contributed by atoms with Gasteiger partial charge in [-0.2, -0.15) is 0 Å². The Hall–Kier alpha value is -4.62. The Bertz CT molecular complexity index is 1800. The lowest BCUT2D eigenvalue weighted by Gasteiger charge is -2.29. The number of rotatable bonds is 13. The summed E-state index contributed by atoms with van der Waals surface area (Å²) in [5.74, 6) is -0.803. The van der Waals surface area contributed by atoms with Crippen molar-refractivity contribution in [2.24, 2.45) is 0 Å². The number of carbonyl (C=O) groups excluding carboxylic acids is 3. The molecular weight excluding hydrogens is 699 g/mol. The number of aliphatic hydroxyl groups is 1. The smallest absolute Gasteiger partial charge is 0.410 e. The molecule has 0 spiro atoms. The van der Waals surface area contributed by atoms with Gasteiger partial charge in [-0.05, 0) is 108 Å². The van der Waals surface area contributed by atoms with Gasteiger partial charge in [-0.15, -0.1) is 0 Å². The van der Waals surface area contributed by atoms with Crippen molar-refractivity contribution in [3.63, 3.8) is 0 Å². The normalized spacial score (nSPS) is 14.5. The van der Waals surface area contributed by atoms with Crippen LogP contribution in [-0.2, 0) is 30.7 Å². The molecule has 0 bridgehead atoms. The molecule has 288 valence electrons. The number of carbonyl (C=O) groups is 3. The molecular formula is C40H53N3O9S. The van der Waals surface area contributed by atoms with Crippen LogP contribution in [0.1, 0.15) is 90.9 Å². The maximum Gasteiger partial charge on any atom is 0.410 e. The molecule has 1 aliphatic rings. The second kappa shape index (κ2) is 17.9. The highest BCUT2D eigenvalue weighted by atomic mass is 32.2. The van der Waals surface area contributed by atoms with Gasteiger partial charge in [-0.3, -0.25) is 4.79 Å². The predicted molar refractivity (Wildman–Crippen MR) is 202 cm³/mol. The van der Waals surface area contributed by atoms with Crippen LogP contribution in [0.2, 0.25) is 0 Å². The van der Waals surface area contributed by atoms with Crippen LogP contribution < -0.4 is 14.8 Å². The monoisotopic (exact) mass is 751 g/mol. The van der Waals surface area contributed by atoms with Crippen LogP contribution in [-0.4, -0.2) is 73.5 Å². The molecule has 0 aliphatic heterocycles. The Balaban J connectivity index is 1.50. The molecule has 1 aliphatic carbocycles. The summed E-state index contributed by atoms with van der Waals surface area (Å²) in [6.45, 7) is 10.2. The largest absolute Gasteiger partial charge is 0.489 e. The summed E-state index contributed by atoms with van der Waals surface area (Å²) in [6.07, 6.45) is 2.68. The minimum absolute atomic E-state index is 0.0662. The van der Waals surface area contributed by atoms with Crippen molar-refractivity contribution in [1.29, 1.82) is 0 Å². The minimum atomic E-state index is -4.37. The van der Waals surface area contributed by atoms with E-state index >= 15 is 0 Å². The van der Waals surface area contributed by atoms with E-state index in [0.717, 1.165) is 43.2 Å². The van der Waals surface area contributed by atoms with Gasteiger partial charge in [0.1, 0.15) is 28.4 Å². The van der Waals surface area contributed by atoms with Crippen LogP contribution in [0.3, 0.4) is 0 Å². The van der Waals surface area contributed by atoms with Gasteiger partial charge in [-0.1, -0.05) is 67.1 Å². The first-order valence-corrected chi connectivity index (χ1v) is 19.5. The van der Waals surface area contributed by atoms with E-state index in [4.69, 9.17) is 14.2 Å². The zero-order valence-electron chi connectivity index (χ0n) is 31.5. The molecule has 1 fully saturated rings. The number of amides is 3. The SMILES string of the molecule is CC(C)(C)OC(=O)NCC(=O)NS(=O)(=O)c1ccc(-c2ccc(CCN(C[C@H](O)c3ccccc3)C(=O)OC(C)(C)C)cc2)cc1OC1CCCCC1. The highest BCUT2D eigenvalue weighted by Crippen LogP contribution is 2.33. The molecule has 0 radical (unpaired) electrons. The lowest BCUT2D eigenvalue weighted by atomic mass is 9.97. The number of aliphatic hydroxyl groups excluding tert-OH is 1. The van der Waals surface area contributed by atoms with Gasteiger partial charge < -0.3 is 29.5 Å². The van der Waals surface area contributed by atoms with Gasteiger partial charge in [-0.25, -0.2) is 22.7 Å². The second-order valence-electron chi connectivity index (χ2n) is 15.2. The van der Waals surface area contributed by atoms with E-state index in [2.05, 4.69) is 5.32 Å². The number of hydrogen-bond acceptors (Lipinski definition) is 9. The first kappa shape index (κ1) is 41.1. The van der Waals surface area contributed by atoms with Crippen molar-refractivity contribution < 1.29 is 42.1 Å². The van der Waals surface area contributed by atoms with Gasteiger partial charge in [0.2, 0.25) is 0 Å². The molecule has 0 unspecified atom stereocenters. The molecule has 0 heterocycles. The summed E-state index contributed by atoms with van der Waals surface area (Å²) in [5, 5.41) is 13.1. The third-order valence-electron chi connectivity index (χ3n) is 8.31. The molecule has 3 aromatic rings. The average molecular weight is 752 g/mol. The van der Waals surface area contributed by atoms with Crippen molar-refractivity contribution in [2.45, 2.75) is 108 Å². The first-order valence-electron chi connectivity index (χ1n) is 18.0. The van der Waals surface area contributed by atoms with E-state index in [9.17, 15) is 27.9 Å². The molecule has 1 saturated carbocycles. The number of sulfonamides is 1. The maximum absolute atomic E-state index is 13.5. The van der Waals surface area contributed by atoms with Crippen LogP contribution in [0.15, 0.2) is 77.7 Å². The summed E-state index contributed by atoms with van der Waals surface area (Å²) in [7, 11) is -4.37. The number of benzene rings is 3. The molecule has 3 aromatic carbocycles. The van der Waals surface area contributed by atoms with Crippen molar-refractivity contribution in [3.05, 3.63) is 83.9 Å². The van der Waals surface area contributed by atoms with E-state index in [-0.39, 0.29) is 23.3 Å². The maximum atomic E-state index is 13.5. The highest BCUT2D eigenvalue weighted by molar-refractivity contribution is 7.90. The van der Waals surface area contributed by atoms with Crippen molar-refractivity contribution in [1.82, 2.24) is 14.9 Å². The zero-order valence-corrected chi connectivity index (χ0v) is 32.3. The Labute approximate surface area is 313 Å². The minimum Gasteiger partial charge on any atom is -0.489 e. The van der Waals surface area contributed by atoms with Crippen LogP contribution in [0, 0.1) is 0 Å². The molecule has 13 heteroatoms. The summed E-state index contributed by atoms with van der Waals surface area (Å²) in [6, 6.07) is 21.6. The van der Waals surface area contributed by atoms with E-state index in [1.807, 2.05) is 59.3 Å². The van der Waals surface area contributed by atoms with E-state index < -0.39 is 52.0 Å². The molecule has 3 N–H and O–H groups in total. The van der Waals surface area contributed by atoms with Gasteiger partial charge in [0.25, 0.3) is 15.9 Å². The van der Waals surface area contributed by atoms with Crippen LogP contribution in [0.5, 0.6) is 5.75 Å². The number of ether oxygens (including phenoxy) is 3. The Kier molecular flexibility index (Phi) is 13.9. The number of nitrogens with zero attached hydrogens (tertiary/aromatic N) is 1. The first-order chi connectivity index (χ1) is 24.9. The lowest BCUT2D eigenvalue weighted by Crippen LogP contribution is -2.41. The second-order valence-corrected chi connectivity index (χ2v) is 16.9. The van der Waals surface area contributed by atoms with Gasteiger partial charge >= 0.3 is 12.2 Å². The molecule has 1 atom stereocenters. The number of alkyl carbamates (subject to hydrolysis) is 1. The molecule has 53 heavy (non-hydrogen) atoms. The summed E-state index contributed by atoms with van der Waals surface area (Å²) < 4.78 is 46.0. The van der Waals surface area contributed by atoms with Crippen molar-refractivity contribution in [2.75, 3.05) is 19.6 Å². The van der Waals surface area contributed by atoms with Crippen molar-refractivity contribution in [3.8, 4) is 16.9 Å².